The van der Waals surface area contributed by atoms with E-state index < -0.39 is 0 Å². The third-order valence-corrected chi connectivity index (χ3v) is 3.24. The topological polar surface area (TPSA) is 29.1 Å². The minimum absolute atomic E-state index is 0.0456. The van der Waals surface area contributed by atoms with Crippen molar-refractivity contribution >= 4 is 5.91 Å². The zero-order valence-corrected chi connectivity index (χ0v) is 9.25. The average Bonchev–Trinajstić information content (AvgIpc) is 2.17. The molecule has 0 radical (unpaired) electrons. The summed E-state index contributed by atoms with van der Waals surface area (Å²) >= 11 is 0. The predicted octanol–water partition coefficient (Wildman–Crippen LogP) is 2.50. The maximum atomic E-state index is 11.1. The molecule has 1 aliphatic carbocycles. The Hall–Kier alpha value is -0.790. The van der Waals surface area contributed by atoms with Crippen molar-refractivity contribution in [2.24, 2.45) is 11.8 Å². The average molecular weight is 195 g/mol. The van der Waals surface area contributed by atoms with E-state index in [4.69, 9.17) is 0 Å². The molecule has 0 aliphatic heterocycles. The summed E-state index contributed by atoms with van der Waals surface area (Å²) in [6, 6.07) is 0.295. The number of carbonyl (C=O) groups is 1. The van der Waals surface area contributed by atoms with Crippen molar-refractivity contribution in [3.63, 3.8) is 0 Å². The van der Waals surface area contributed by atoms with Gasteiger partial charge in [0.25, 0.3) is 0 Å². The molecule has 14 heavy (non-hydrogen) atoms. The molecule has 80 valence electrons. The van der Waals surface area contributed by atoms with Gasteiger partial charge in [-0.3, -0.25) is 4.79 Å². The number of carbonyl (C=O) groups excluding carboxylic acids is 1. The van der Waals surface area contributed by atoms with Crippen LogP contribution in [-0.4, -0.2) is 11.9 Å². The zero-order valence-electron chi connectivity index (χ0n) is 9.25. The molecule has 1 N–H and O–H groups in total. The number of amides is 1. The lowest BCUT2D eigenvalue weighted by atomic mass is 9.79. The standard InChI is InChI=1S/C12H21NO/c1-4-12(14)13-10(3)11-7-5-6-9(2)8-11/h4,9-11H,1,5-8H2,2-3H3,(H,13,14)/t9?,10-,11?/m0/s1. The number of hydrogen-bond acceptors (Lipinski definition) is 1. The van der Waals surface area contributed by atoms with E-state index >= 15 is 0 Å². The van der Waals surface area contributed by atoms with Crippen LogP contribution >= 0.6 is 0 Å². The van der Waals surface area contributed by atoms with Crippen molar-refractivity contribution in [1.82, 2.24) is 5.32 Å². The first-order valence-corrected chi connectivity index (χ1v) is 5.56. The van der Waals surface area contributed by atoms with E-state index in [1.165, 1.54) is 31.8 Å². The van der Waals surface area contributed by atoms with Gasteiger partial charge >= 0.3 is 0 Å². The molecule has 3 atom stereocenters. The highest BCUT2D eigenvalue weighted by Crippen LogP contribution is 2.30. The molecular weight excluding hydrogens is 174 g/mol. The fourth-order valence-electron chi connectivity index (χ4n) is 2.34. The Balaban J connectivity index is 2.39. The van der Waals surface area contributed by atoms with E-state index in [1.54, 1.807) is 0 Å². The van der Waals surface area contributed by atoms with Crippen molar-refractivity contribution in [2.45, 2.75) is 45.6 Å². The maximum absolute atomic E-state index is 11.1. The molecule has 0 aromatic heterocycles. The van der Waals surface area contributed by atoms with Gasteiger partial charge in [-0.1, -0.05) is 26.3 Å². The van der Waals surface area contributed by atoms with Crippen LogP contribution in [0.25, 0.3) is 0 Å². The van der Waals surface area contributed by atoms with E-state index in [1.807, 2.05) is 0 Å². The Labute approximate surface area is 86.8 Å². The molecule has 1 amide bonds. The van der Waals surface area contributed by atoms with Gasteiger partial charge in [0.15, 0.2) is 0 Å². The molecule has 0 bridgehead atoms. The Morgan fingerprint density at radius 2 is 2.29 bits per heavy atom. The van der Waals surface area contributed by atoms with Crippen LogP contribution in [0.1, 0.15) is 39.5 Å². The van der Waals surface area contributed by atoms with Gasteiger partial charge in [-0.15, -0.1) is 0 Å². The van der Waals surface area contributed by atoms with Gasteiger partial charge in [0.05, 0.1) is 0 Å². The molecule has 1 aliphatic rings. The van der Waals surface area contributed by atoms with Gasteiger partial charge in [-0.2, -0.15) is 0 Å². The second-order valence-electron chi connectivity index (χ2n) is 4.53. The molecule has 0 spiro atoms. The lowest BCUT2D eigenvalue weighted by Crippen LogP contribution is -2.38. The smallest absolute Gasteiger partial charge is 0.243 e. The highest BCUT2D eigenvalue weighted by atomic mass is 16.1. The van der Waals surface area contributed by atoms with Crippen molar-refractivity contribution in [3.05, 3.63) is 12.7 Å². The second kappa shape index (κ2) is 5.18. The highest BCUT2D eigenvalue weighted by Gasteiger charge is 2.24. The molecule has 0 aromatic rings. The number of nitrogens with one attached hydrogen (secondary N) is 1. The van der Waals surface area contributed by atoms with E-state index in [0.29, 0.717) is 12.0 Å². The van der Waals surface area contributed by atoms with Gasteiger partial charge in [-0.25, -0.2) is 0 Å². The summed E-state index contributed by atoms with van der Waals surface area (Å²) in [5.74, 6) is 1.43. The molecular formula is C12H21NO. The van der Waals surface area contributed by atoms with Crippen LogP contribution < -0.4 is 5.32 Å². The molecule has 0 saturated heterocycles. The summed E-state index contributed by atoms with van der Waals surface area (Å²) in [5.41, 5.74) is 0. The summed E-state index contributed by atoms with van der Waals surface area (Å²) in [5, 5.41) is 2.96. The number of rotatable bonds is 3. The molecule has 2 heteroatoms. The first kappa shape index (κ1) is 11.3. The molecule has 0 aromatic carbocycles. The van der Waals surface area contributed by atoms with Gasteiger partial charge in [0.2, 0.25) is 5.91 Å². The predicted molar refractivity (Wildman–Crippen MR) is 58.9 cm³/mol. The normalized spacial score (nSPS) is 29.3. The third kappa shape index (κ3) is 3.17. The molecule has 1 saturated carbocycles. The van der Waals surface area contributed by atoms with Crippen LogP contribution in [0, 0.1) is 11.8 Å². The monoisotopic (exact) mass is 195 g/mol. The van der Waals surface area contributed by atoms with E-state index in [0.717, 1.165) is 5.92 Å². The van der Waals surface area contributed by atoms with Gasteiger partial charge in [0, 0.05) is 6.04 Å². The first-order chi connectivity index (χ1) is 6.63. The summed E-state index contributed by atoms with van der Waals surface area (Å²) in [6.45, 7) is 7.86. The zero-order chi connectivity index (χ0) is 10.6. The Morgan fingerprint density at radius 3 is 2.86 bits per heavy atom. The van der Waals surface area contributed by atoms with E-state index in [2.05, 4.69) is 25.7 Å². The van der Waals surface area contributed by atoms with Crippen LogP contribution in [0.15, 0.2) is 12.7 Å². The van der Waals surface area contributed by atoms with Gasteiger partial charge in [0.1, 0.15) is 0 Å². The summed E-state index contributed by atoms with van der Waals surface area (Å²) < 4.78 is 0. The fraction of sp³-hybridized carbons (Fsp3) is 0.750. The summed E-state index contributed by atoms with van der Waals surface area (Å²) in [6.07, 6.45) is 6.50. The molecule has 0 heterocycles. The van der Waals surface area contributed by atoms with Crippen molar-refractivity contribution in [3.8, 4) is 0 Å². The Kier molecular flexibility index (Phi) is 4.18. The minimum Gasteiger partial charge on any atom is -0.350 e. The lowest BCUT2D eigenvalue weighted by molar-refractivity contribution is -0.117. The van der Waals surface area contributed by atoms with E-state index in [-0.39, 0.29) is 5.91 Å². The highest BCUT2D eigenvalue weighted by molar-refractivity contribution is 5.87. The van der Waals surface area contributed by atoms with Gasteiger partial charge < -0.3 is 5.32 Å². The molecule has 1 rings (SSSR count). The van der Waals surface area contributed by atoms with Crippen LogP contribution in [-0.2, 0) is 4.79 Å². The second-order valence-corrected chi connectivity index (χ2v) is 4.53. The van der Waals surface area contributed by atoms with Gasteiger partial charge in [-0.05, 0) is 37.7 Å². The van der Waals surface area contributed by atoms with Crippen LogP contribution in [0.3, 0.4) is 0 Å². The van der Waals surface area contributed by atoms with Crippen LogP contribution in [0.5, 0.6) is 0 Å². The molecule has 1 fully saturated rings. The molecule has 2 nitrogen and oxygen atoms in total. The fourth-order valence-corrected chi connectivity index (χ4v) is 2.34. The largest absolute Gasteiger partial charge is 0.350 e. The summed E-state index contributed by atoms with van der Waals surface area (Å²) in [4.78, 5) is 11.1. The number of hydrogen-bond donors (Lipinski definition) is 1. The van der Waals surface area contributed by atoms with E-state index in [9.17, 15) is 4.79 Å². The van der Waals surface area contributed by atoms with Crippen molar-refractivity contribution < 1.29 is 4.79 Å². The Bertz CT molecular complexity index is 212. The summed E-state index contributed by atoms with van der Waals surface area (Å²) in [7, 11) is 0. The van der Waals surface area contributed by atoms with Crippen molar-refractivity contribution in [1.29, 1.82) is 0 Å². The first-order valence-electron chi connectivity index (χ1n) is 5.56. The minimum atomic E-state index is -0.0456. The lowest BCUT2D eigenvalue weighted by Gasteiger charge is -2.31. The maximum Gasteiger partial charge on any atom is 0.243 e. The van der Waals surface area contributed by atoms with Crippen LogP contribution in [0.2, 0.25) is 0 Å². The molecule has 2 unspecified atom stereocenters. The van der Waals surface area contributed by atoms with Crippen LogP contribution in [0.4, 0.5) is 0 Å². The van der Waals surface area contributed by atoms with Crippen molar-refractivity contribution in [2.75, 3.05) is 0 Å². The Morgan fingerprint density at radius 1 is 1.57 bits per heavy atom. The SMILES string of the molecule is C=CC(=O)N[C@@H](C)C1CCCC(C)C1. The quantitative estimate of drug-likeness (QED) is 0.689. The third-order valence-electron chi connectivity index (χ3n) is 3.24.